The maximum atomic E-state index is 13.6. The molecule has 2 amide bonds. The Hall–Kier alpha value is -3.34. The molecule has 0 atom stereocenters. The average molecular weight is 476 g/mol. The van der Waals surface area contributed by atoms with Gasteiger partial charge in [0, 0.05) is 45.8 Å². The SMILES string of the molecule is COCCCN(C(=O)C1CCN(C(=O)c2ccco2)CC1)c1c(N)n(CC(C)C)c(=O)[nH]c1=O. The Morgan fingerprint density at radius 1 is 1.29 bits per heavy atom. The number of anilines is 2. The Morgan fingerprint density at radius 3 is 2.59 bits per heavy atom. The molecule has 11 heteroatoms. The first-order chi connectivity index (χ1) is 16.2. The minimum atomic E-state index is -0.696. The van der Waals surface area contributed by atoms with Crippen molar-refractivity contribution in [2.24, 2.45) is 11.8 Å². The van der Waals surface area contributed by atoms with Gasteiger partial charge in [0.15, 0.2) is 11.4 Å². The zero-order valence-electron chi connectivity index (χ0n) is 19.9. The summed E-state index contributed by atoms with van der Waals surface area (Å²) in [5, 5.41) is 0. The molecule has 3 rings (SSSR count). The van der Waals surface area contributed by atoms with Crippen LogP contribution < -0.4 is 21.9 Å². The van der Waals surface area contributed by atoms with Gasteiger partial charge in [-0.2, -0.15) is 0 Å². The third-order valence-corrected chi connectivity index (χ3v) is 5.89. The van der Waals surface area contributed by atoms with Crippen molar-refractivity contribution in [3.05, 3.63) is 45.0 Å². The molecule has 0 saturated carbocycles. The topological polar surface area (TPSA) is 144 Å². The van der Waals surface area contributed by atoms with Gasteiger partial charge in [0.05, 0.1) is 6.26 Å². The summed E-state index contributed by atoms with van der Waals surface area (Å²) in [6.45, 7) is 5.55. The Morgan fingerprint density at radius 2 is 2.00 bits per heavy atom. The van der Waals surface area contributed by atoms with Gasteiger partial charge in [-0.15, -0.1) is 0 Å². The van der Waals surface area contributed by atoms with Crippen LogP contribution in [0.5, 0.6) is 0 Å². The number of ether oxygens (including phenoxy) is 1. The van der Waals surface area contributed by atoms with E-state index in [-0.39, 0.29) is 41.5 Å². The number of rotatable bonds is 9. The van der Waals surface area contributed by atoms with Crippen LogP contribution in [0.25, 0.3) is 0 Å². The van der Waals surface area contributed by atoms with Gasteiger partial charge in [-0.05, 0) is 37.3 Å². The van der Waals surface area contributed by atoms with E-state index in [2.05, 4.69) is 4.98 Å². The average Bonchev–Trinajstić information content (AvgIpc) is 3.35. The van der Waals surface area contributed by atoms with Crippen LogP contribution in [0.1, 0.15) is 43.7 Å². The second-order valence-corrected chi connectivity index (χ2v) is 8.88. The molecule has 3 heterocycles. The molecule has 0 aromatic carbocycles. The number of nitrogens with zero attached hydrogens (tertiary/aromatic N) is 3. The zero-order chi connectivity index (χ0) is 24.8. The molecule has 1 aliphatic rings. The number of nitrogens with one attached hydrogen (secondary N) is 1. The molecule has 1 aliphatic heterocycles. The highest BCUT2D eigenvalue weighted by Crippen LogP contribution is 2.26. The summed E-state index contributed by atoms with van der Waals surface area (Å²) < 4.78 is 11.6. The van der Waals surface area contributed by atoms with E-state index in [4.69, 9.17) is 14.9 Å². The largest absolute Gasteiger partial charge is 0.459 e. The van der Waals surface area contributed by atoms with E-state index in [1.165, 1.54) is 15.7 Å². The highest BCUT2D eigenvalue weighted by Gasteiger charge is 2.33. The van der Waals surface area contributed by atoms with Crippen LogP contribution in [0, 0.1) is 11.8 Å². The molecular weight excluding hydrogens is 442 g/mol. The Balaban J connectivity index is 1.84. The molecule has 2 aromatic rings. The van der Waals surface area contributed by atoms with E-state index >= 15 is 0 Å². The molecule has 34 heavy (non-hydrogen) atoms. The standard InChI is InChI=1S/C23H33N5O6/c1-15(2)14-28-19(24)18(20(29)25-23(28)32)27(9-5-12-33-3)21(30)16-7-10-26(11-8-16)22(31)17-6-4-13-34-17/h4,6,13,15-16H,5,7-12,14,24H2,1-3H3,(H,25,29,32). The molecule has 1 saturated heterocycles. The van der Waals surface area contributed by atoms with Crippen molar-refractivity contribution in [2.45, 2.75) is 39.7 Å². The number of hydrogen-bond donors (Lipinski definition) is 2. The van der Waals surface area contributed by atoms with E-state index in [0.717, 1.165) is 0 Å². The van der Waals surface area contributed by atoms with Crippen LogP contribution in [-0.4, -0.2) is 59.6 Å². The molecule has 0 aliphatic carbocycles. The van der Waals surface area contributed by atoms with Gasteiger partial charge in [0.2, 0.25) is 5.91 Å². The number of H-pyrrole nitrogens is 1. The second-order valence-electron chi connectivity index (χ2n) is 8.88. The van der Waals surface area contributed by atoms with Crippen molar-refractivity contribution in [1.29, 1.82) is 0 Å². The van der Waals surface area contributed by atoms with Crippen LogP contribution in [-0.2, 0) is 16.1 Å². The molecule has 0 radical (unpaired) electrons. The molecule has 0 bridgehead atoms. The first-order valence-electron chi connectivity index (χ1n) is 11.5. The van der Waals surface area contributed by atoms with Gasteiger partial charge in [0.25, 0.3) is 11.5 Å². The lowest BCUT2D eigenvalue weighted by Gasteiger charge is -2.34. The third-order valence-electron chi connectivity index (χ3n) is 5.89. The number of carbonyl (C=O) groups excluding carboxylic acids is 2. The smallest absolute Gasteiger partial charge is 0.330 e. The van der Waals surface area contributed by atoms with Crippen molar-refractivity contribution in [3.8, 4) is 0 Å². The number of methoxy groups -OCH3 is 1. The normalized spacial score (nSPS) is 14.5. The molecule has 1 fully saturated rings. The first-order valence-corrected chi connectivity index (χ1v) is 11.5. The number of aromatic amines is 1. The summed E-state index contributed by atoms with van der Waals surface area (Å²) in [4.78, 5) is 56.6. The number of likely N-dealkylation sites (tertiary alicyclic amines) is 1. The van der Waals surface area contributed by atoms with Gasteiger partial charge in [0.1, 0.15) is 5.82 Å². The third kappa shape index (κ3) is 5.58. The fourth-order valence-electron chi connectivity index (χ4n) is 4.19. The Kier molecular flexibility index (Phi) is 8.32. The van der Waals surface area contributed by atoms with Crippen molar-refractivity contribution < 1.29 is 18.7 Å². The number of hydrogen-bond acceptors (Lipinski definition) is 7. The molecule has 11 nitrogen and oxygen atoms in total. The van der Waals surface area contributed by atoms with Crippen LogP contribution >= 0.6 is 0 Å². The number of piperidine rings is 1. The summed E-state index contributed by atoms with van der Waals surface area (Å²) in [5.74, 6) is -0.529. The van der Waals surface area contributed by atoms with Crippen molar-refractivity contribution >= 4 is 23.3 Å². The monoisotopic (exact) mass is 475 g/mol. The maximum absolute atomic E-state index is 13.6. The van der Waals surface area contributed by atoms with Crippen LogP contribution in [0.4, 0.5) is 11.5 Å². The van der Waals surface area contributed by atoms with E-state index < -0.39 is 17.2 Å². The lowest BCUT2D eigenvalue weighted by molar-refractivity contribution is -0.123. The van der Waals surface area contributed by atoms with Crippen LogP contribution in [0.2, 0.25) is 0 Å². The number of aromatic nitrogens is 2. The summed E-state index contributed by atoms with van der Waals surface area (Å²) in [6.07, 6.45) is 2.81. The highest BCUT2D eigenvalue weighted by molar-refractivity contribution is 5.97. The van der Waals surface area contributed by atoms with Crippen LogP contribution in [0.15, 0.2) is 32.4 Å². The quantitative estimate of drug-likeness (QED) is 0.520. The Bertz CT molecular complexity index is 1100. The second kappa shape index (κ2) is 11.2. The van der Waals surface area contributed by atoms with Gasteiger partial charge in [-0.3, -0.25) is 23.9 Å². The van der Waals surface area contributed by atoms with Crippen molar-refractivity contribution in [3.63, 3.8) is 0 Å². The van der Waals surface area contributed by atoms with Gasteiger partial charge in [-0.1, -0.05) is 13.8 Å². The minimum Gasteiger partial charge on any atom is -0.459 e. The van der Waals surface area contributed by atoms with E-state index in [9.17, 15) is 19.2 Å². The van der Waals surface area contributed by atoms with Gasteiger partial charge in [-0.25, -0.2) is 4.79 Å². The summed E-state index contributed by atoms with van der Waals surface area (Å²) in [5.41, 5.74) is 4.96. The number of amides is 2. The summed E-state index contributed by atoms with van der Waals surface area (Å²) >= 11 is 0. The predicted molar refractivity (Wildman–Crippen MR) is 127 cm³/mol. The van der Waals surface area contributed by atoms with Crippen LogP contribution in [0.3, 0.4) is 0 Å². The van der Waals surface area contributed by atoms with E-state index in [1.807, 2.05) is 13.8 Å². The molecular formula is C23H33N5O6. The molecule has 0 spiro atoms. The fourth-order valence-corrected chi connectivity index (χ4v) is 4.19. The predicted octanol–water partition coefficient (Wildman–Crippen LogP) is 1.29. The number of carbonyl (C=O) groups is 2. The number of nitrogen functional groups attached to an aromatic ring is 1. The molecule has 186 valence electrons. The zero-order valence-corrected chi connectivity index (χ0v) is 19.9. The van der Waals surface area contributed by atoms with Crippen molar-refractivity contribution in [1.82, 2.24) is 14.5 Å². The minimum absolute atomic E-state index is 0.0181. The summed E-state index contributed by atoms with van der Waals surface area (Å²) in [6, 6.07) is 3.26. The molecule has 2 aromatic heterocycles. The molecule has 3 N–H and O–H groups in total. The highest BCUT2D eigenvalue weighted by atomic mass is 16.5. The lowest BCUT2D eigenvalue weighted by Crippen LogP contribution is -2.47. The summed E-state index contributed by atoms with van der Waals surface area (Å²) in [7, 11) is 1.56. The number of furan rings is 1. The van der Waals surface area contributed by atoms with Gasteiger partial charge < -0.3 is 24.7 Å². The van der Waals surface area contributed by atoms with E-state index in [0.29, 0.717) is 45.5 Å². The number of nitrogens with two attached hydrogens (primary N) is 1. The first kappa shape index (κ1) is 25.3. The van der Waals surface area contributed by atoms with Crippen molar-refractivity contribution in [2.75, 3.05) is 44.0 Å². The van der Waals surface area contributed by atoms with Gasteiger partial charge >= 0.3 is 5.69 Å². The maximum Gasteiger partial charge on any atom is 0.330 e. The lowest BCUT2D eigenvalue weighted by atomic mass is 9.94. The Labute approximate surface area is 197 Å². The molecule has 0 unspecified atom stereocenters. The fraction of sp³-hybridized carbons (Fsp3) is 0.565. The van der Waals surface area contributed by atoms with E-state index in [1.54, 1.807) is 24.1 Å².